The highest BCUT2D eigenvalue weighted by molar-refractivity contribution is 7.22. The van der Waals surface area contributed by atoms with Gasteiger partial charge in [0.1, 0.15) is 0 Å². The number of hydrogen-bond donors (Lipinski definition) is 1. The molecule has 0 saturated carbocycles. The number of thiazole rings is 1. The van der Waals surface area contributed by atoms with Crippen LogP contribution in [0.15, 0.2) is 97.1 Å². The number of hydrogen-bond acceptors (Lipinski definition) is 5. The maximum Gasteiger partial charge on any atom is 0.257 e. The number of rotatable bonds is 7. The molecule has 0 aliphatic rings. The lowest BCUT2D eigenvalue weighted by Gasteiger charge is -2.11. The Morgan fingerprint density at radius 3 is 2.08 bits per heavy atom. The molecule has 2 heterocycles. The molecule has 38 heavy (non-hydrogen) atoms. The maximum absolute atomic E-state index is 13.2. The molecule has 6 heteroatoms. The quantitative estimate of drug-likeness (QED) is 0.233. The minimum absolute atomic E-state index is 0.215. The van der Waals surface area contributed by atoms with Crippen LogP contribution in [-0.2, 0) is 6.42 Å². The van der Waals surface area contributed by atoms with Crippen molar-refractivity contribution in [3.05, 3.63) is 108 Å². The third-order valence-electron chi connectivity index (χ3n) is 6.51. The molecule has 6 aromatic rings. The van der Waals surface area contributed by atoms with Gasteiger partial charge < -0.3 is 0 Å². The van der Waals surface area contributed by atoms with Gasteiger partial charge in [0.05, 0.1) is 32.6 Å². The van der Waals surface area contributed by atoms with Crippen molar-refractivity contribution in [3.63, 3.8) is 0 Å². The van der Waals surface area contributed by atoms with Crippen molar-refractivity contribution in [2.45, 2.75) is 26.2 Å². The number of anilines is 1. The summed E-state index contributed by atoms with van der Waals surface area (Å²) in [5.41, 5.74) is 7.69. The lowest BCUT2D eigenvalue weighted by Crippen LogP contribution is -2.11. The third kappa shape index (κ3) is 4.91. The number of nitrogens with one attached hydrogen (secondary N) is 1. The van der Waals surface area contributed by atoms with E-state index in [1.807, 2.05) is 72.8 Å². The summed E-state index contributed by atoms with van der Waals surface area (Å²) in [4.78, 5) is 27.8. The Bertz CT molecular complexity index is 1750. The number of benzene rings is 4. The van der Waals surface area contributed by atoms with Gasteiger partial charge in [-0.3, -0.25) is 10.1 Å². The van der Waals surface area contributed by atoms with Crippen molar-refractivity contribution in [1.29, 1.82) is 0 Å². The molecular weight excluding hydrogens is 488 g/mol. The van der Waals surface area contributed by atoms with E-state index in [-0.39, 0.29) is 5.91 Å². The molecule has 0 atom stereocenters. The Kier molecular flexibility index (Phi) is 6.63. The highest BCUT2D eigenvalue weighted by Crippen LogP contribution is 2.32. The van der Waals surface area contributed by atoms with E-state index >= 15 is 0 Å². The summed E-state index contributed by atoms with van der Waals surface area (Å²) in [7, 11) is 0. The summed E-state index contributed by atoms with van der Waals surface area (Å²) in [6.45, 7) is 2.20. The molecule has 0 bridgehead atoms. The second-order valence-electron chi connectivity index (χ2n) is 9.24. The zero-order valence-corrected chi connectivity index (χ0v) is 21.8. The van der Waals surface area contributed by atoms with Gasteiger partial charge in [0.15, 0.2) is 5.13 Å². The normalized spacial score (nSPS) is 11.2. The second kappa shape index (κ2) is 10.5. The van der Waals surface area contributed by atoms with Crippen molar-refractivity contribution in [2.75, 3.05) is 5.32 Å². The number of aryl methyl sites for hydroxylation is 1. The minimum Gasteiger partial charge on any atom is -0.298 e. The lowest BCUT2D eigenvalue weighted by atomic mass is 10.0. The summed E-state index contributed by atoms with van der Waals surface area (Å²) in [5, 5.41) is 3.57. The largest absolute Gasteiger partial charge is 0.298 e. The zero-order valence-electron chi connectivity index (χ0n) is 21.0. The number of carbonyl (C=O) groups is 1. The van der Waals surface area contributed by atoms with Crippen molar-refractivity contribution in [2.24, 2.45) is 0 Å². The Labute approximate surface area is 225 Å². The van der Waals surface area contributed by atoms with E-state index < -0.39 is 0 Å². The minimum atomic E-state index is -0.215. The number of unbranched alkanes of at least 4 members (excludes halogenated alkanes) is 1. The van der Waals surface area contributed by atoms with Crippen LogP contribution in [0.5, 0.6) is 0 Å². The summed E-state index contributed by atoms with van der Waals surface area (Å²) in [6.07, 6.45) is 3.39. The van der Waals surface area contributed by atoms with E-state index in [9.17, 15) is 4.79 Å². The van der Waals surface area contributed by atoms with Crippen molar-refractivity contribution in [3.8, 4) is 22.5 Å². The standard InChI is InChI=1S/C32H26N4OS/c1-2-3-10-21-15-17-26-28(19-21)38-32(35-26)36-31(37)24-16-18-25-27(20-24)34-30(23-13-8-5-9-14-23)29(33-25)22-11-6-4-7-12-22/h4-9,11-20H,2-3,10H2,1H3,(H,35,36,37). The van der Waals surface area contributed by atoms with E-state index in [1.165, 1.54) is 23.3 Å². The van der Waals surface area contributed by atoms with E-state index in [4.69, 9.17) is 9.97 Å². The molecule has 0 aliphatic carbocycles. The summed E-state index contributed by atoms with van der Waals surface area (Å²) >= 11 is 1.50. The molecule has 2 aromatic heterocycles. The van der Waals surface area contributed by atoms with Gasteiger partial charge in [0.2, 0.25) is 0 Å². The molecule has 1 N–H and O–H groups in total. The second-order valence-corrected chi connectivity index (χ2v) is 10.3. The highest BCUT2D eigenvalue weighted by Gasteiger charge is 2.16. The van der Waals surface area contributed by atoms with Crippen LogP contribution in [0.25, 0.3) is 43.8 Å². The SMILES string of the molecule is CCCCc1ccc2nc(NC(=O)c3ccc4nc(-c5ccccc5)c(-c5ccccc5)nc4c3)sc2c1. The van der Waals surface area contributed by atoms with Gasteiger partial charge in [-0.05, 0) is 48.7 Å². The Hall–Kier alpha value is -4.42. The predicted octanol–water partition coefficient (Wildman–Crippen LogP) is 8.17. The summed E-state index contributed by atoms with van der Waals surface area (Å²) in [6, 6.07) is 31.9. The Balaban J connectivity index is 1.33. The zero-order chi connectivity index (χ0) is 25.9. The molecule has 0 spiro atoms. The first kappa shape index (κ1) is 23.9. The first-order valence-corrected chi connectivity index (χ1v) is 13.6. The highest BCUT2D eigenvalue weighted by atomic mass is 32.1. The van der Waals surface area contributed by atoms with Crippen LogP contribution >= 0.6 is 11.3 Å². The van der Waals surface area contributed by atoms with Gasteiger partial charge in [-0.1, -0.05) is 91.4 Å². The molecule has 0 unspecified atom stereocenters. The fourth-order valence-corrected chi connectivity index (χ4v) is 5.44. The van der Waals surface area contributed by atoms with Gasteiger partial charge in [0.25, 0.3) is 5.91 Å². The van der Waals surface area contributed by atoms with Crippen LogP contribution in [0.4, 0.5) is 5.13 Å². The van der Waals surface area contributed by atoms with Crippen LogP contribution in [0, 0.1) is 0 Å². The monoisotopic (exact) mass is 514 g/mol. The number of nitrogens with zero attached hydrogens (tertiary/aromatic N) is 3. The lowest BCUT2D eigenvalue weighted by molar-refractivity contribution is 0.102. The van der Waals surface area contributed by atoms with Crippen molar-refractivity contribution in [1.82, 2.24) is 15.0 Å². The van der Waals surface area contributed by atoms with E-state index in [1.54, 1.807) is 12.1 Å². The van der Waals surface area contributed by atoms with E-state index in [0.29, 0.717) is 16.2 Å². The molecule has 6 rings (SSSR count). The van der Waals surface area contributed by atoms with Crippen LogP contribution < -0.4 is 5.32 Å². The number of aromatic nitrogens is 3. The van der Waals surface area contributed by atoms with Gasteiger partial charge >= 0.3 is 0 Å². The number of carbonyl (C=O) groups excluding carboxylic acids is 1. The molecule has 5 nitrogen and oxygen atoms in total. The molecule has 186 valence electrons. The maximum atomic E-state index is 13.2. The Morgan fingerprint density at radius 2 is 1.39 bits per heavy atom. The van der Waals surface area contributed by atoms with Gasteiger partial charge in [-0.2, -0.15) is 0 Å². The molecule has 0 saturated heterocycles. The van der Waals surface area contributed by atoms with E-state index in [0.717, 1.165) is 51.1 Å². The first-order chi connectivity index (χ1) is 18.7. The smallest absolute Gasteiger partial charge is 0.257 e. The molecule has 4 aromatic carbocycles. The number of amides is 1. The Morgan fingerprint density at radius 1 is 0.737 bits per heavy atom. The molecule has 1 amide bonds. The number of fused-ring (bicyclic) bond motifs is 2. The summed E-state index contributed by atoms with van der Waals surface area (Å²) in [5.74, 6) is -0.215. The van der Waals surface area contributed by atoms with Gasteiger partial charge in [-0.15, -0.1) is 0 Å². The average Bonchev–Trinajstić information content (AvgIpc) is 3.37. The third-order valence-corrected chi connectivity index (χ3v) is 7.45. The van der Waals surface area contributed by atoms with Crippen LogP contribution in [0.3, 0.4) is 0 Å². The van der Waals surface area contributed by atoms with Crippen molar-refractivity contribution >= 4 is 43.6 Å². The predicted molar refractivity (Wildman–Crippen MR) is 157 cm³/mol. The topological polar surface area (TPSA) is 67.8 Å². The van der Waals surface area contributed by atoms with Crippen LogP contribution in [0.2, 0.25) is 0 Å². The van der Waals surface area contributed by atoms with Crippen molar-refractivity contribution < 1.29 is 4.79 Å². The average molecular weight is 515 g/mol. The van der Waals surface area contributed by atoms with Gasteiger partial charge in [0, 0.05) is 16.7 Å². The van der Waals surface area contributed by atoms with E-state index in [2.05, 4.69) is 29.4 Å². The molecule has 0 radical (unpaired) electrons. The molecule has 0 aliphatic heterocycles. The molecule has 0 fully saturated rings. The molecular formula is C32H26N4OS. The fraction of sp³-hybridized carbons (Fsp3) is 0.125. The fourth-order valence-electron chi connectivity index (χ4n) is 4.52. The van der Waals surface area contributed by atoms with Crippen LogP contribution in [0.1, 0.15) is 35.7 Å². The summed E-state index contributed by atoms with van der Waals surface area (Å²) < 4.78 is 1.08. The van der Waals surface area contributed by atoms with Crippen LogP contribution in [-0.4, -0.2) is 20.9 Å². The van der Waals surface area contributed by atoms with Gasteiger partial charge in [-0.25, -0.2) is 15.0 Å². The first-order valence-electron chi connectivity index (χ1n) is 12.8.